The van der Waals surface area contributed by atoms with Crippen molar-refractivity contribution in [3.05, 3.63) is 115 Å². The fourth-order valence-electron chi connectivity index (χ4n) is 4.35. The van der Waals surface area contributed by atoms with Crippen molar-refractivity contribution in [2.24, 2.45) is 0 Å². The van der Waals surface area contributed by atoms with Crippen LogP contribution < -0.4 is 45.2 Å². The van der Waals surface area contributed by atoms with Gasteiger partial charge in [-0.05, 0) is 48.5 Å². The molecule has 9 rings (SSSR count). The molecule has 0 aliphatic carbocycles. The summed E-state index contributed by atoms with van der Waals surface area (Å²) in [5.41, 5.74) is 0. The Kier molecular flexibility index (Phi) is 7.72. The van der Waals surface area contributed by atoms with Crippen LogP contribution in [-0.2, 0) is 0 Å². The normalized spacial score (nSPS) is 16.4. The maximum atomic E-state index is 6.54. The van der Waals surface area contributed by atoms with Gasteiger partial charge in [-0.15, -0.1) is 0 Å². The van der Waals surface area contributed by atoms with Gasteiger partial charge in [0.15, 0.2) is 46.0 Å². The summed E-state index contributed by atoms with van der Waals surface area (Å²) in [6.45, 7) is 0. The lowest BCUT2D eigenvalue weighted by atomic mass is 10.3. The number of aromatic nitrogens is 1. The molecule has 230 valence electrons. The summed E-state index contributed by atoms with van der Waals surface area (Å²) in [7, 11) is -9.60. The van der Waals surface area contributed by atoms with Crippen LogP contribution in [-0.4, -0.2) is 4.98 Å². The van der Waals surface area contributed by atoms with Gasteiger partial charge in [-0.1, -0.05) is 54.6 Å². The molecule has 17 heteroatoms. The molecular weight excluding hydrogens is 708 g/mol. The minimum atomic E-state index is -1.61. The van der Waals surface area contributed by atoms with Gasteiger partial charge in [0.25, 0.3) is 0 Å². The van der Waals surface area contributed by atoms with Gasteiger partial charge in [0, 0.05) is 12.1 Å². The number of fused-ring (bicyclic) bond motifs is 4. The van der Waals surface area contributed by atoms with Gasteiger partial charge < -0.3 is 45.2 Å². The molecule has 0 atom stereocenters. The van der Waals surface area contributed by atoms with Crippen molar-refractivity contribution >= 4 is 47.3 Å². The molecule has 4 aliphatic rings. The van der Waals surface area contributed by atoms with Crippen molar-refractivity contribution in [3.63, 3.8) is 0 Å². The van der Waals surface area contributed by atoms with Crippen LogP contribution in [0.4, 0.5) is 0 Å². The standard InChI is InChI=1S/C29H19NO10P6/c1-2-11-21-20(10-1)31-41(32-21)45(42-33-22-12-3-4-13-23(22)34-42)39-28-18-9-19-29(30-28)40-46(43-35-24-14-5-6-15-25(24)36-43)44-37-26-16-7-8-17-27(26)38-44/h1-19H. The van der Waals surface area contributed by atoms with Crippen LogP contribution in [0.1, 0.15) is 0 Å². The molecule has 0 N–H and O–H groups in total. The highest BCUT2D eigenvalue weighted by molar-refractivity contribution is 8.55. The lowest BCUT2D eigenvalue weighted by Crippen LogP contribution is -1.99. The monoisotopic (exact) mass is 727 g/mol. The fourth-order valence-corrected chi connectivity index (χ4v) is 19.7. The lowest BCUT2D eigenvalue weighted by molar-refractivity contribution is 0.531. The molecule has 0 fully saturated rings. The maximum Gasteiger partial charge on any atom is 0.370 e. The highest BCUT2D eigenvalue weighted by Crippen LogP contribution is 2.90. The third kappa shape index (κ3) is 5.61. The molecule has 4 aromatic carbocycles. The summed E-state index contributed by atoms with van der Waals surface area (Å²) < 4.78 is 62.9. The largest absolute Gasteiger partial charge is 0.434 e. The van der Waals surface area contributed by atoms with E-state index in [1.807, 2.05) is 97.1 Å². The van der Waals surface area contributed by atoms with E-state index in [0.717, 1.165) is 0 Å². The molecule has 11 nitrogen and oxygen atoms in total. The molecule has 5 heterocycles. The molecule has 4 aliphatic heterocycles. The maximum absolute atomic E-state index is 6.54. The van der Waals surface area contributed by atoms with Crippen LogP contribution in [0.5, 0.6) is 57.8 Å². The SMILES string of the molecule is c1cc(OP(P2Oc3ccccc3O2)P2Oc3ccccc3O2)nc(OP(P2Oc3ccccc3O2)P2Oc3ccccc3O2)c1. The second kappa shape index (κ2) is 12.3. The molecule has 5 aromatic rings. The summed E-state index contributed by atoms with van der Waals surface area (Å²) in [4.78, 5) is 4.72. The van der Waals surface area contributed by atoms with E-state index in [-0.39, 0.29) is 0 Å². The van der Waals surface area contributed by atoms with E-state index in [1.165, 1.54) is 0 Å². The Morgan fingerprint density at radius 1 is 0.348 bits per heavy atom. The van der Waals surface area contributed by atoms with Crippen molar-refractivity contribution in [1.82, 2.24) is 4.98 Å². The van der Waals surface area contributed by atoms with E-state index in [2.05, 4.69) is 0 Å². The Morgan fingerprint density at radius 2 is 0.587 bits per heavy atom. The van der Waals surface area contributed by atoms with Crippen molar-refractivity contribution in [2.75, 3.05) is 0 Å². The van der Waals surface area contributed by atoms with Crippen molar-refractivity contribution in [3.8, 4) is 57.8 Å². The molecule has 0 radical (unpaired) electrons. The van der Waals surface area contributed by atoms with E-state index >= 15 is 0 Å². The van der Waals surface area contributed by atoms with Crippen LogP contribution in [0.25, 0.3) is 0 Å². The number of pyridine rings is 1. The topological polar surface area (TPSA) is 105 Å². The quantitative estimate of drug-likeness (QED) is 0.143. The van der Waals surface area contributed by atoms with Gasteiger partial charge in [-0.3, -0.25) is 0 Å². The van der Waals surface area contributed by atoms with E-state index in [4.69, 9.17) is 50.2 Å². The summed E-state index contributed by atoms with van der Waals surface area (Å²) >= 11 is 0. The number of benzene rings is 4. The van der Waals surface area contributed by atoms with E-state index in [1.54, 1.807) is 18.2 Å². The number of para-hydroxylation sites is 8. The van der Waals surface area contributed by atoms with Crippen LogP contribution in [0.15, 0.2) is 115 Å². The highest BCUT2D eigenvalue weighted by atomic mass is 32.5. The van der Waals surface area contributed by atoms with Crippen molar-refractivity contribution in [1.29, 1.82) is 0 Å². The minimum Gasteiger partial charge on any atom is -0.434 e. The molecule has 0 bridgehead atoms. The number of nitrogens with zero attached hydrogens (tertiary/aromatic N) is 1. The van der Waals surface area contributed by atoms with Crippen LogP contribution in [0, 0.1) is 0 Å². The van der Waals surface area contributed by atoms with E-state index < -0.39 is 47.3 Å². The highest BCUT2D eigenvalue weighted by Gasteiger charge is 2.51. The van der Waals surface area contributed by atoms with Gasteiger partial charge in [0.1, 0.15) is 0 Å². The average Bonchev–Trinajstić information content (AvgIpc) is 3.89. The fraction of sp³-hybridized carbons (Fsp3) is 0. The summed E-state index contributed by atoms with van der Waals surface area (Å²) in [5, 5.41) is 0. The first-order chi connectivity index (χ1) is 22.7. The Balaban J connectivity index is 0.986. The van der Waals surface area contributed by atoms with Gasteiger partial charge in [0.2, 0.25) is 11.8 Å². The Morgan fingerprint density at radius 3 is 0.826 bits per heavy atom. The predicted octanol–water partition coefficient (Wildman–Crippen LogP) is 11.4. The molecular formula is C29H19NO10P6. The van der Waals surface area contributed by atoms with Gasteiger partial charge in [-0.25, -0.2) is 0 Å². The zero-order chi connectivity index (χ0) is 30.5. The number of hydrogen-bond donors (Lipinski definition) is 0. The molecule has 46 heavy (non-hydrogen) atoms. The molecule has 0 spiro atoms. The summed E-state index contributed by atoms with van der Waals surface area (Å²) in [5.74, 6) is 5.75. The van der Waals surface area contributed by atoms with Crippen molar-refractivity contribution in [2.45, 2.75) is 0 Å². The second-order valence-electron chi connectivity index (χ2n) is 9.47. The molecule has 0 unspecified atom stereocenters. The Hall–Kier alpha value is -3.39. The number of rotatable bonds is 8. The Bertz CT molecular complexity index is 1580. The van der Waals surface area contributed by atoms with Crippen LogP contribution >= 0.6 is 47.3 Å². The second-order valence-corrected chi connectivity index (χ2v) is 24.4. The third-order valence-corrected chi connectivity index (χ3v) is 22.6. The lowest BCUT2D eigenvalue weighted by Gasteiger charge is -2.23. The summed E-state index contributed by atoms with van der Waals surface area (Å²) in [6, 6.07) is 35.3. The van der Waals surface area contributed by atoms with Crippen LogP contribution in [0.3, 0.4) is 0 Å². The van der Waals surface area contributed by atoms with Gasteiger partial charge in [0.05, 0.1) is 0 Å². The molecule has 0 amide bonds. The average molecular weight is 727 g/mol. The van der Waals surface area contributed by atoms with Crippen molar-refractivity contribution < 1.29 is 45.2 Å². The number of hydrogen-bond acceptors (Lipinski definition) is 11. The zero-order valence-electron chi connectivity index (χ0n) is 23.2. The molecule has 1 aromatic heterocycles. The van der Waals surface area contributed by atoms with Gasteiger partial charge >= 0.3 is 47.3 Å². The Labute approximate surface area is 269 Å². The minimum absolute atomic E-state index is 0.295. The first kappa shape index (κ1) is 28.8. The first-order valence-corrected chi connectivity index (χ1v) is 23.7. The van der Waals surface area contributed by atoms with Gasteiger partial charge in [-0.2, -0.15) is 4.98 Å². The zero-order valence-corrected chi connectivity index (χ0v) is 28.5. The molecule has 0 saturated carbocycles. The third-order valence-electron chi connectivity index (χ3n) is 6.42. The van der Waals surface area contributed by atoms with E-state index in [9.17, 15) is 0 Å². The predicted molar refractivity (Wildman–Crippen MR) is 178 cm³/mol. The smallest absolute Gasteiger partial charge is 0.370 e. The molecule has 0 saturated heterocycles. The van der Waals surface area contributed by atoms with E-state index in [0.29, 0.717) is 57.8 Å². The summed E-state index contributed by atoms with van der Waals surface area (Å²) in [6.07, 6.45) is 0. The first-order valence-electron chi connectivity index (χ1n) is 13.7. The van der Waals surface area contributed by atoms with Crippen LogP contribution in [0.2, 0.25) is 0 Å².